The van der Waals surface area contributed by atoms with Crippen molar-refractivity contribution in [3.05, 3.63) is 81.2 Å². The fraction of sp³-hybridized carbons (Fsp3) is 0.429. The van der Waals surface area contributed by atoms with Crippen molar-refractivity contribution in [1.29, 1.82) is 0 Å². The molecule has 8 nitrogen and oxygen atoms in total. The van der Waals surface area contributed by atoms with Crippen LogP contribution in [0.25, 0.3) is 10.9 Å². The summed E-state index contributed by atoms with van der Waals surface area (Å²) in [4.78, 5) is 21.3. The van der Waals surface area contributed by atoms with Crippen LogP contribution in [-0.4, -0.2) is 56.3 Å². The van der Waals surface area contributed by atoms with Crippen molar-refractivity contribution in [3.8, 4) is 0 Å². The van der Waals surface area contributed by atoms with Gasteiger partial charge in [0.2, 0.25) is 0 Å². The number of tetrazole rings is 1. The molecule has 4 aromatic rings. The predicted octanol–water partition coefficient (Wildman–Crippen LogP) is 4.33. The largest absolute Gasteiger partial charge is 0.369 e. The Bertz CT molecular complexity index is 1470. The van der Waals surface area contributed by atoms with Crippen LogP contribution in [0.2, 0.25) is 0 Å². The SMILES string of the molecule is CCC(C)(C)n1nnnc1C(c1cc2ccc(C)c(C)c2[nH]c1=O)N1CCN(c2ccc(F)cc2)CC1. The Labute approximate surface area is 216 Å². The van der Waals surface area contributed by atoms with Crippen LogP contribution in [0.15, 0.2) is 47.3 Å². The minimum absolute atomic E-state index is 0.129. The lowest BCUT2D eigenvalue weighted by molar-refractivity contribution is 0.186. The van der Waals surface area contributed by atoms with E-state index in [1.807, 2.05) is 36.7 Å². The van der Waals surface area contributed by atoms with Gasteiger partial charge in [0.25, 0.3) is 5.56 Å². The predicted molar refractivity (Wildman–Crippen MR) is 144 cm³/mol. The molecule has 194 valence electrons. The number of hydrogen-bond acceptors (Lipinski definition) is 6. The lowest BCUT2D eigenvalue weighted by Crippen LogP contribution is -2.49. The van der Waals surface area contributed by atoms with Crippen molar-refractivity contribution in [1.82, 2.24) is 30.1 Å². The van der Waals surface area contributed by atoms with Crippen molar-refractivity contribution < 1.29 is 4.39 Å². The second kappa shape index (κ2) is 9.70. The van der Waals surface area contributed by atoms with Crippen LogP contribution in [-0.2, 0) is 5.54 Å². The Morgan fingerprint density at radius 3 is 2.43 bits per heavy atom. The summed E-state index contributed by atoms with van der Waals surface area (Å²) in [7, 11) is 0. The smallest absolute Gasteiger partial charge is 0.253 e. The monoisotopic (exact) mass is 503 g/mol. The van der Waals surface area contributed by atoms with E-state index in [2.05, 4.69) is 63.2 Å². The maximum Gasteiger partial charge on any atom is 0.253 e. The van der Waals surface area contributed by atoms with Crippen molar-refractivity contribution in [2.45, 2.75) is 52.6 Å². The van der Waals surface area contributed by atoms with E-state index in [0.29, 0.717) is 24.5 Å². The molecule has 1 atom stereocenters. The standard InChI is InChI=1S/C28H34FN7O/c1-6-28(4,5)36-26(31-32-33-36)25(23-17-20-8-7-18(2)19(3)24(20)30-27(23)37)35-15-13-34(14-16-35)22-11-9-21(29)10-12-22/h7-12,17,25H,6,13-16H2,1-5H3,(H,30,37). The van der Waals surface area contributed by atoms with Gasteiger partial charge in [-0.1, -0.05) is 19.1 Å². The maximum atomic E-state index is 13.6. The fourth-order valence-electron chi connectivity index (χ4n) is 5.08. The highest BCUT2D eigenvalue weighted by atomic mass is 19.1. The van der Waals surface area contributed by atoms with Crippen LogP contribution in [0.1, 0.15) is 55.7 Å². The maximum absolute atomic E-state index is 13.6. The zero-order valence-corrected chi connectivity index (χ0v) is 22.1. The number of pyridine rings is 1. The van der Waals surface area contributed by atoms with Crippen LogP contribution in [0, 0.1) is 19.7 Å². The Morgan fingerprint density at radius 1 is 1.05 bits per heavy atom. The average molecular weight is 504 g/mol. The molecule has 2 aromatic heterocycles. The van der Waals surface area contributed by atoms with Crippen LogP contribution >= 0.6 is 0 Å². The highest BCUT2D eigenvalue weighted by Gasteiger charge is 2.35. The topological polar surface area (TPSA) is 82.9 Å². The third-order valence-corrected chi connectivity index (χ3v) is 7.92. The fourth-order valence-corrected chi connectivity index (χ4v) is 5.08. The number of halogens is 1. The molecule has 0 amide bonds. The molecular weight excluding hydrogens is 469 g/mol. The summed E-state index contributed by atoms with van der Waals surface area (Å²) in [6.07, 6.45) is 0.836. The first-order chi connectivity index (χ1) is 17.7. The molecule has 0 radical (unpaired) electrons. The number of aromatic amines is 1. The minimum atomic E-state index is -0.411. The molecule has 1 aliphatic rings. The number of H-pyrrole nitrogens is 1. The van der Waals surface area contributed by atoms with Gasteiger partial charge in [-0.15, -0.1) is 5.10 Å². The molecule has 0 saturated carbocycles. The second-order valence-electron chi connectivity index (χ2n) is 10.5. The van der Waals surface area contributed by atoms with E-state index in [1.54, 1.807) is 0 Å². The summed E-state index contributed by atoms with van der Waals surface area (Å²) in [6, 6.07) is 12.3. The molecule has 2 aromatic carbocycles. The summed E-state index contributed by atoms with van der Waals surface area (Å²) in [6.45, 7) is 13.3. The first kappa shape index (κ1) is 25.1. The lowest BCUT2D eigenvalue weighted by atomic mass is 9.97. The number of rotatable bonds is 6. The minimum Gasteiger partial charge on any atom is -0.369 e. The number of aryl methyl sites for hydroxylation is 2. The summed E-state index contributed by atoms with van der Waals surface area (Å²) in [5.74, 6) is 0.421. The summed E-state index contributed by atoms with van der Waals surface area (Å²) in [5.41, 5.74) is 4.25. The first-order valence-corrected chi connectivity index (χ1v) is 12.9. The number of hydrogen-bond donors (Lipinski definition) is 1. The second-order valence-corrected chi connectivity index (χ2v) is 10.5. The quantitative estimate of drug-likeness (QED) is 0.422. The van der Waals surface area contributed by atoms with E-state index in [-0.39, 0.29) is 16.9 Å². The normalized spacial score (nSPS) is 15.9. The molecule has 1 fully saturated rings. The third-order valence-electron chi connectivity index (χ3n) is 7.92. The number of nitrogens with zero attached hydrogens (tertiary/aromatic N) is 6. The zero-order valence-electron chi connectivity index (χ0n) is 22.1. The van der Waals surface area contributed by atoms with E-state index in [9.17, 15) is 9.18 Å². The summed E-state index contributed by atoms with van der Waals surface area (Å²) >= 11 is 0. The van der Waals surface area contributed by atoms with E-state index >= 15 is 0 Å². The number of benzene rings is 2. The van der Waals surface area contributed by atoms with Gasteiger partial charge in [0.05, 0.1) is 11.1 Å². The molecule has 0 spiro atoms. The summed E-state index contributed by atoms with van der Waals surface area (Å²) < 4.78 is 15.3. The Kier molecular flexibility index (Phi) is 6.58. The number of anilines is 1. The molecule has 0 aliphatic carbocycles. The number of fused-ring (bicyclic) bond motifs is 1. The first-order valence-electron chi connectivity index (χ1n) is 12.9. The van der Waals surface area contributed by atoms with Crippen LogP contribution in [0.5, 0.6) is 0 Å². The van der Waals surface area contributed by atoms with E-state index in [0.717, 1.165) is 47.2 Å². The molecule has 5 rings (SSSR count). The van der Waals surface area contributed by atoms with Gasteiger partial charge in [0.1, 0.15) is 11.9 Å². The van der Waals surface area contributed by atoms with Crippen molar-refractivity contribution >= 4 is 16.6 Å². The zero-order chi connectivity index (χ0) is 26.3. The van der Waals surface area contributed by atoms with Crippen molar-refractivity contribution in [3.63, 3.8) is 0 Å². The Balaban J connectivity index is 1.57. The van der Waals surface area contributed by atoms with Gasteiger partial charge in [0, 0.05) is 37.4 Å². The lowest BCUT2D eigenvalue weighted by Gasteiger charge is -2.40. The third kappa shape index (κ3) is 4.64. The molecular formula is C28H34FN7O. The number of nitrogens with one attached hydrogen (secondary N) is 1. The molecule has 1 N–H and O–H groups in total. The van der Waals surface area contributed by atoms with E-state index < -0.39 is 6.04 Å². The van der Waals surface area contributed by atoms with Crippen LogP contribution < -0.4 is 10.5 Å². The molecule has 0 bridgehead atoms. The summed E-state index contributed by atoms with van der Waals surface area (Å²) in [5, 5.41) is 13.9. The molecule has 37 heavy (non-hydrogen) atoms. The van der Waals surface area contributed by atoms with Gasteiger partial charge >= 0.3 is 0 Å². The Morgan fingerprint density at radius 2 is 1.76 bits per heavy atom. The Hall–Kier alpha value is -3.59. The number of aromatic nitrogens is 5. The number of piperazine rings is 1. The molecule has 1 unspecified atom stereocenters. The van der Waals surface area contributed by atoms with Gasteiger partial charge in [-0.2, -0.15) is 0 Å². The average Bonchev–Trinajstić information content (AvgIpc) is 3.39. The molecule has 9 heteroatoms. The van der Waals surface area contributed by atoms with Crippen LogP contribution in [0.3, 0.4) is 0 Å². The molecule has 3 heterocycles. The highest BCUT2D eigenvalue weighted by Crippen LogP contribution is 2.32. The van der Waals surface area contributed by atoms with Crippen molar-refractivity contribution in [2.24, 2.45) is 0 Å². The van der Waals surface area contributed by atoms with E-state index in [1.165, 1.54) is 12.1 Å². The van der Waals surface area contributed by atoms with Crippen LogP contribution in [0.4, 0.5) is 10.1 Å². The molecule has 1 saturated heterocycles. The highest BCUT2D eigenvalue weighted by molar-refractivity contribution is 5.83. The van der Waals surface area contributed by atoms with Gasteiger partial charge < -0.3 is 9.88 Å². The van der Waals surface area contributed by atoms with Crippen molar-refractivity contribution in [2.75, 3.05) is 31.1 Å². The van der Waals surface area contributed by atoms with Gasteiger partial charge in [-0.3, -0.25) is 9.69 Å². The van der Waals surface area contributed by atoms with Gasteiger partial charge in [-0.05, 0) is 91.4 Å². The molecule has 1 aliphatic heterocycles. The van der Waals surface area contributed by atoms with E-state index in [4.69, 9.17) is 0 Å². The van der Waals surface area contributed by atoms with Gasteiger partial charge in [-0.25, -0.2) is 9.07 Å². The van der Waals surface area contributed by atoms with Gasteiger partial charge in [0.15, 0.2) is 5.82 Å².